The van der Waals surface area contributed by atoms with Gasteiger partial charge in [-0.1, -0.05) is 0 Å². The third-order valence-electron chi connectivity index (χ3n) is 4.61. The molecule has 1 heterocycles. The van der Waals surface area contributed by atoms with Crippen LogP contribution in [0, 0.1) is 17.3 Å². The van der Waals surface area contributed by atoms with Gasteiger partial charge in [0.2, 0.25) is 0 Å². The molecule has 2 bridgehead atoms. The molecule has 0 radical (unpaired) electrons. The van der Waals surface area contributed by atoms with Gasteiger partial charge in [-0.2, -0.15) is 0 Å². The molecule has 1 aliphatic heterocycles. The predicted octanol–water partition coefficient (Wildman–Crippen LogP) is 0.0577. The van der Waals surface area contributed by atoms with Crippen LogP contribution >= 0.6 is 0 Å². The maximum absolute atomic E-state index is 11.8. The maximum Gasteiger partial charge on any atom is 0.312 e. The second-order valence-electron chi connectivity index (χ2n) is 5.17. The summed E-state index contributed by atoms with van der Waals surface area (Å²) in [6.07, 6.45) is 5.67. The second kappa shape index (κ2) is 3.32. The van der Waals surface area contributed by atoms with Gasteiger partial charge in [0.15, 0.2) is 0 Å². The van der Waals surface area contributed by atoms with Crippen molar-refractivity contribution in [2.24, 2.45) is 17.3 Å². The molecule has 0 aromatic heterocycles. The van der Waals surface area contributed by atoms with Crippen LogP contribution in [0.5, 0.6) is 0 Å². The highest BCUT2D eigenvalue weighted by Crippen LogP contribution is 2.60. The van der Waals surface area contributed by atoms with Crippen LogP contribution in [0.1, 0.15) is 25.7 Å². The number of hydrogen-bond acceptors (Lipinski definition) is 3. The number of esters is 1. The number of ether oxygens (including phenoxy) is 2. The zero-order valence-electron chi connectivity index (χ0n) is 9.20. The summed E-state index contributed by atoms with van der Waals surface area (Å²) in [7, 11) is 1.12. The molecular weight excluding hydrogens is 208 g/mol. The molecule has 15 heavy (non-hydrogen) atoms. The molecule has 3 rings (SSSR count). The van der Waals surface area contributed by atoms with Gasteiger partial charge < -0.3 is 9.47 Å². The van der Waals surface area contributed by atoms with Gasteiger partial charge >= 0.3 is 5.97 Å². The molecule has 4 atom stereocenters. The smallest absolute Gasteiger partial charge is 0.312 e. The lowest BCUT2D eigenvalue weighted by atomic mass is 9.71. The fourth-order valence-electron chi connectivity index (χ4n) is 3.93. The van der Waals surface area contributed by atoms with E-state index >= 15 is 0 Å². The van der Waals surface area contributed by atoms with Gasteiger partial charge in [0.25, 0.3) is 0 Å². The van der Waals surface area contributed by atoms with E-state index in [1.54, 1.807) is 0 Å². The van der Waals surface area contributed by atoms with Crippen molar-refractivity contribution >= 4 is 16.2 Å². The van der Waals surface area contributed by atoms with E-state index in [1.807, 2.05) is 0 Å². The Morgan fingerprint density at radius 3 is 2.93 bits per heavy atom. The zero-order chi connectivity index (χ0) is 10.5. The summed E-state index contributed by atoms with van der Waals surface area (Å²) in [6.45, 7) is 0.647. The number of fused-ring (bicyclic) bond motifs is 3. The van der Waals surface area contributed by atoms with Crippen molar-refractivity contribution < 1.29 is 14.3 Å². The molecule has 0 aromatic carbocycles. The Hall–Kier alpha value is -0.353. The largest absolute Gasteiger partial charge is 0.465 e. The molecule has 1 spiro atoms. The van der Waals surface area contributed by atoms with Gasteiger partial charge in [-0.15, -0.1) is 0 Å². The molecule has 1 saturated heterocycles. The highest BCUT2D eigenvalue weighted by Gasteiger charge is 2.61. The molecule has 84 valence electrons. The van der Waals surface area contributed by atoms with Crippen LogP contribution in [-0.4, -0.2) is 35.2 Å². The lowest BCUT2D eigenvalue weighted by molar-refractivity contribution is -0.149. The summed E-state index contributed by atoms with van der Waals surface area (Å²) < 4.78 is 10.9. The Bertz CT molecular complexity index is 294. The summed E-state index contributed by atoms with van der Waals surface area (Å²) in [6, 6.07) is 0. The highest BCUT2D eigenvalue weighted by molar-refractivity contribution is 6.08. The van der Waals surface area contributed by atoms with Gasteiger partial charge in [-0.25, -0.2) is 0 Å². The minimum atomic E-state index is -0.0876. The lowest BCUT2D eigenvalue weighted by Crippen LogP contribution is -2.37. The predicted molar refractivity (Wildman–Crippen MR) is 58.5 cm³/mol. The number of rotatable bonds is 2. The van der Waals surface area contributed by atoms with E-state index in [0.717, 1.165) is 35.7 Å². The Balaban J connectivity index is 1.77. The van der Waals surface area contributed by atoms with Gasteiger partial charge in [0.1, 0.15) is 0 Å². The third kappa shape index (κ3) is 1.24. The average Bonchev–Trinajstić information content (AvgIpc) is 2.85. The van der Waals surface area contributed by atoms with Crippen LogP contribution in [0.3, 0.4) is 0 Å². The summed E-state index contributed by atoms with van der Waals surface area (Å²) >= 11 is 0. The van der Waals surface area contributed by atoms with E-state index in [9.17, 15) is 4.79 Å². The summed E-state index contributed by atoms with van der Waals surface area (Å²) in [5, 5.41) is 0. The van der Waals surface area contributed by atoms with E-state index in [4.69, 9.17) is 9.47 Å². The number of carbonyl (C=O) groups is 1. The first-order chi connectivity index (χ1) is 7.26. The molecule has 3 fully saturated rings. The zero-order valence-corrected chi connectivity index (χ0v) is 11.2. The molecule has 3 aliphatic rings. The number of carbonyl (C=O) groups excluding carboxylic acids is 1. The lowest BCUT2D eigenvalue weighted by Gasteiger charge is -2.33. The SMILES string of the molecule is O=C1OCCC12CC1CC2CC1OC[SiH3]. The van der Waals surface area contributed by atoms with Crippen LogP contribution in [-0.2, 0) is 14.3 Å². The molecule has 2 saturated carbocycles. The molecule has 3 nitrogen and oxygen atoms in total. The second-order valence-corrected chi connectivity index (χ2v) is 5.75. The first-order valence-corrected chi connectivity index (χ1v) is 7.46. The molecule has 2 aliphatic carbocycles. The van der Waals surface area contributed by atoms with E-state index in [-0.39, 0.29) is 11.4 Å². The van der Waals surface area contributed by atoms with Crippen molar-refractivity contribution in [2.75, 3.05) is 12.8 Å². The minimum absolute atomic E-state index is 0.0827. The quantitative estimate of drug-likeness (QED) is 0.493. The van der Waals surface area contributed by atoms with Crippen molar-refractivity contribution in [3.63, 3.8) is 0 Å². The fourth-order valence-corrected chi connectivity index (χ4v) is 4.36. The van der Waals surface area contributed by atoms with Crippen molar-refractivity contribution in [1.82, 2.24) is 0 Å². The van der Waals surface area contributed by atoms with Crippen molar-refractivity contribution in [2.45, 2.75) is 31.8 Å². The average molecular weight is 226 g/mol. The van der Waals surface area contributed by atoms with Gasteiger partial charge in [-0.05, 0) is 37.5 Å². The molecule has 0 amide bonds. The van der Waals surface area contributed by atoms with E-state index in [2.05, 4.69) is 0 Å². The summed E-state index contributed by atoms with van der Waals surface area (Å²) in [5.74, 6) is 1.27. The van der Waals surface area contributed by atoms with Crippen LogP contribution in [0.4, 0.5) is 0 Å². The van der Waals surface area contributed by atoms with Gasteiger partial charge in [0.05, 0.1) is 18.1 Å². The first kappa shape index (κ1) is 9.84. The fraction of sp³-hybridized carbons (Fsp3) is 0.909. The van der Waals surface area contributed by atoms with Crippen LogP contribution in [0.2, 0.25) is 0 Å². The monoisotopic (exact) mass is 226 g/mol. The topological polar surface area (TPSA) is 35.5 Å². The van der Waals surface area contributed by atoms with E-state index < -0.39 is 0 Å². The van der Waals surface area contributed by atoms with Gasteiger partial charge in [-0.3, -0.25) is 4.79 Å². The summed E-state index contributed by atoms with van der Waals surface area (Å²) in [5.41, 5.74) is -0.0876. The molecular formula is C11H18O3Si. The van der Waals surface area contributed by atoms with Crippen LogP contribution in [0.25, 0.3) is 0 Å². The summed E-state index contributed by atoms with van der Waals surface area (Å²) in [4.78, 5) is 11.8. The maximum atomic E-state index is 11.8. The van der Waals surface area contributed by atoms with Crippen LogP contribution in [0.15, 0.2) is 0 Å². The minimum Gasteiger partial charge on any atom is -0.465 e. The number of cyclic esters (lactones) is 1. The Kier molecular flexibility index (Phi) is 2.18. The molecule has 0 aromatic rings. The van der Waals surface area contributed by atoms with E-state index in [0.29, 0.717) is 24.5 Å². The Morgan fingerprint density at radius 1 is 1.53 bits per heavy atom. The normalized spacial score (nSPS) is 48.0. The van der Waals surface area contributed by atoms with Crippen molar-refractivity contribution in [3.05, 3.63) is 0 Å². The molecule has 4 heteroatoms. The standard InChI is InChI=1S/C11H18O3Si/c12-10-11(1-2-13-10)5-7-3-8(11)4-9(7)14-6-15/h7-9H,1-6H2,15H3. The Labute approximate surface area is 92.9 Å². The van der Waals surface area contributed by atoms with Crippen LogP contribution < -0.4 is 0 Å². The highest BCUT2D eigenvalue weighted by atomic mass is 28.1. The van der Waals surface area contributed by atoms with Gasteiger partial charge in [0, 0.05) is 16.5 Å². The van der Waals surface area contributed by atoms with Crippen molar-refractivity contribution in [3.8, 4) is 0 Å². The Morgan fingerprint density at radius 2 is 2.40 bits per heavy atom. The number of hydrogen-bond donors (Lipinski definition) is 0. The van der Waals surface area contributed by atoms with Crippen molar-refractivity contribution in [1.29, 1.82) is 0 Å². The molecule has 0 N–H and O–H groups in total. The van der Waals surface area contributed by atoms with E-state index in [1.165, 1.54) is 6.42 Å². The first-order valence-electron chi connectivity index (χ1n) is 6.05. The molecule has 4 unspecified atom stereocenters. The third-order valence-corrected chi connectivity index (χ3v) is 4.94.